The van der Waals surface area contributed by atoms with Crippen molar-refractivity contribution < 1.29 is 14.5 Å². The third kappa shape index (κ3) is 4.16. The van der Waals surface area contributed by atoms with Crippen molar-refractivity contribution in [2.24, 2.45) is 0 Å². The van der Waals surface area contributed by atoms with Crippen molar-refractivity contribution in [3.8, 4) is 0 Å². The van der Waals surface area contributed by atoms with E-state index in [1.807, 2.05) is 6.92 Å². The number of rotatable bonds is 7. The summed E-state index contributed by atoms with van der Waals surface area (Å²) in [6.07, 6.45) is 2.55. The van der Waals surface area contributed by atoms with Gasteiger partial charge in [0.05, 0.1) is 17.6 Å². The Morgan fingerprint density at radius 3 is 2.90 bits per heavy atom. The maximum absolute atomic E-state index is 12.1. The normalized spacial score (nSPS) is 11.9. The van der Waals surface area contributed by atoms with E-state index in [9.17, 15) is 14.9 Å². The lowest BCUT2D eigenvalue weighted by atomic mass is 10.1. The Hall–Kier alpha value is -2.22. The lowest BCUT2D eigenvalue weighted by molar-refractivity contribution is -0.385. The van der Waals surface area contributed by atoms with Crippen molar-refractivity contribution >= 4 is 17.4 Å². The summed E-state index contributed by atoms with van der Waals surface area (Å²) in [4.78, 5) is 26.0. The topological polar surface area (TPSA) is 120 Å². The van der Waals surface area contributed by atoms with Crippen molar-refractivity contribution in [1.82, 2.24) is 10.3 Å². The number of nitrogens with two attached hydrogens (primary N) is 1. The molecule has 0 spiro atoms. The van der Waals surface area contributed by atoms with E-state index in [4.69, 9.17) is 10.5 Å². The maximum Gasteiger partial charge on any atom is 0.300 e. The number of nitrogens with one attached hydrogen (secondary N) is 1. The fraction of sp³-hybridized carbons (Fsp3) is 0.500. The monoisotopic (exact) mass is 282 g/mol. The van der Waals surface area contributed by atoms with Crippen molar-refractivity contribution in [3.63, 3.8) is 0 Å². The Morgan fingerprint density at radius 2 is 2.35 bits per heavy atom. The van der Waals surface area contributed by atoms with Crippen LogP contribution in [-0.2, 0) is 4.74 Å². The molecule has 8 nitrogen and oxygen atoms in total. The maximum atomic E-state index is 12.1. The first-order chi connectivity index (χ1) is 9.49. The van der Waals surface area contributed by atoms with E-state index in [1.54, 1.807) is 0 Å². The molecule has 1 unspecified atom stereocenters. The Labute approximate surface area is 116 Å². The predicted molar refractivity (Wildman–Crippen MR) is 73.3 cm³/mol. The SMILES string of the molecule is CCCC(COC)NC(=O)c1cc(N)ncc1[N+](=O)[O-]. The van der Waals surface area contributed by atoms with Gasteiger partial charge in [-0.25, -0.2) is 4.98 Å². The van der Waals surface area contributed by atoms with Crippen LogP contribution in [0.2, 0.25) is 0 Å². The number of nitrogen functional groups attached to an aromatic ring is 1. The van der Waals surface area contributed by atoms with Crippen LogP contribution in [0, 0.1) is 10.1 Å². The minimum absolute atomic E-state index is 0.0551. The highest BCUT2D eigenvalue weighted by atomic mass is 16.6. The molecule has 0 aromatic carbocycles. The van der Waals surface area contributed by atoms with Crippen molar-refractivity contribution in [2.45, 2.75) is 25.8 Å². The lowest BCUT2D eigenvalue weighted by Gasteiger charge is -2.17. The molecule has 1 rings (SSSR count). The molecule has 1 heterocycles. The van der Waals surface area contributed by atoms with E-state index >= 15 is 0 Å². The van der Waals surface area contributed by atoms with Gasteiger partial charge in [0, 0.05) is 7.11 Å². The van der Waals surface area contributed by atoms with Crippen LogP contribution >= 0.6 is 0 Å². The summed E-state index contributed by atoms with van der Waals surface area (Å²) >= 11 is 0. The molecule has 0 bridgehead atoms. The number of carbonyl (C=O) groups is 1. The number of pyridine rings is 1. The molecule has 110 valence electrons. The van der Waals surface area contributed by atoms with Crippen molar-refractivity contribution in [1.29, 1.82) is 0 Å². The molecule has 1 atom stereocenters. The first-order valence-electron chi connectivity index (χ1n) is 6.19. The Kier molecular flexibility index (Phi) is 5.85. The van der Waals surface area contributed by atoms with Gasteiger partial charge >= 0.3 is 0 Å². The summed E-state index contributed by atoms with van der Waals surface area (Å²) < 4.78 is 5.01. The average molecular weight is 282 g/mol. The molecule has 0 saturated heterocycles. The van der Waals surface area contributed by atoms with Gasteiger partial charge in [-0.3, -0.25) is 14.9 Å². The highest BCUT2D eigenvalue weighted by Gasteiger charge is 2.23. The molecule has 0 aliphatic heterocycles. The fourth-order valence-corrected chi connectivity index (χ4v) is 1.80. The zero-order chi connectivity index (χ0) is 15.1. The molecule has 3 N–H and O–H groups in total. The molecule has 0 aliphatic rings. The standard InChI is InChI=1S/C12H18N4O4/c1-3-4-8(7-20-2)15-12(17)9-5-11(13)14-6-10(9)16(18)19/h5-6,8H,3-4,7H2,1-2H3,(H2,13,14)(H,15,17). The van der Waals surface area contributed by atoms with E-state index < -0.39 is 10.8 Å². The van der Waals surface area contributed by atoms with Crippen LogP contribution in [0.5, 0.6) is 0 Å². The third-order valence-corrected chi connectivity index (χ3v) is 2.69. The quantitative estimate of drug-likeness (QED) is 0.571. The van der Waals surface area contributed by atoms with Gasteiger partial charge in [-0.15, -0.1) is 0 Å². The van der Waals surface area contributed by atoms with Crippen LogP contribution in [0.1, 0.15) is 30.1 Å². The zero-order valence-electron chi connectivity index (χ0n) is 11.5. The van der Waals surface area contributed by atoms with Gasteiger partial charge < -0.3 is 15.8 Å². The van der Waals surface area contributed by atoms with Crippen molar-refractivity contribution in [3.05, 3.63) is 27.9 Å². The third-order valence-electron chi connectivity index (χ3n) is 2.69. The predicted octanol–water partition coefficient (Wildman–Crippen LogP) is 1.12. The minimum atomic E-state index is -0.660. The molecule has 20 heavy (non-hydrogen) atoms. The van der Waals surface area contributed by atoms with Gasteiger partial charge in [0.15, 0.2) is 0 Å². The number of amides is 1. The number of nitro groups is 1. The summed E-state index contributed by atoms with van der Waals surface area (Å²) in [6, 6.07) is 0.995. The second kappa shape index (κ2) is 7.39. The average Bonchev–Trinajstić information content (AvgIpc) is 2.38. The molecule has 8 heteroatoms. The molecule has 0 fully saturated rings. The molecular weight excluding hydrogens is 264 g/mol. The smallest absolute Gasteiger partial charge is 0.300 e. The number of anilines is 1. The summed E-state index contributed by atoms with van der Waals surface area (Å²) in [7, 11) is 1.53. The van der Waals surface area contributed by atoms with Crippen molar-refractivity contribution in [2.75, 3.05) is 19.5 Å². The number of carbonyl (C=O) groups excluding carboxylic acids is 1. The van der Waals surface area contributed by atoms with E-state index in [-0.39, 0.29) is 23.1 Å². The summed E-state index contributed by atoms with van der Waals surface area (Å²) in [5, 5.41) is 13.6. The number of ether oxygens (including phenoxy) is 1. The van der Waals surface area contributed by atoms with Gasteiger partial charge in [-0.2, -0.15) is 0 Å². The van der Waals surface area contributed by atoms with Gasteiger partial charge in [0.25, 0.3) is 11.6 Å². The molecule has 0 saturated carbocycles. The Bertz CT molecular complexity index is 486. The van der Waals surface area contributed by atoms with Crippen LogP contribution in [0.4, 0.5) is 11.5 Å². The summed E-state index contributed by atoms with van der Waals surface area (Å²) in [6.45, 7) is 2.32. The van der Waals surface area contributed by atoms with Gasteiger partial charge in [-0.1, -0.05) is 13.3 Å². The van der Waals surface area contributed by atoms with E-state index in [0.29, 0.717) is 13.0 Å². The molecule has 1 aromatic heterocycles. The van der Waals surface area contributed by atoms with Crippen LogP contribution < -0.4 is 11.1 Å². The molecular formula is C12H18N4O4. The van der Waals surface area contributed by atoms with Gasteiger partial charge in [0.2, 0.25) is 0 Å². The molecule has 1 aromatic rings. The zero-order valence-corrected chi connectivity index (χ0v) is 11.5. The Morgan fingerprint density at radius 1 is 1.65 bits per heavy atom. The number of methoxy groups -OCH3 is 1. The van der Waals surface area contributed by atoms with Crippen LogP contribution in [0.3, 0.4) is 0 Å². The second-order valence-electron chi connectivity index (χ2n) is 4.30. The van der Waals surface area contributed by atoms with Crippen LogP contribution in [0.25, 0.3) is 0 Å². The Balaban J connectivity index is 2.95. The summed E-state index contributed by atoms with van der Waals surface area (Å²) in [5.41, 5.74) is 5.01. The number of nitrogens with zero attached hydrogens (tertiary/aromatic N) is 2. The molecule has 0 aliphatic carbocycles. The lowest BCUT2D eigenvalue weighted by Crippen LogP contribution is -2.38. The molecule has 1 amide bonds. The number of aromatic nitrogens is 1. The van der Waals surface area contributed by atoms with E-state index in [1.165, 1.54) is 13.2 Å². The minimum Gasteiger partial charge on any atom is -0.384 e. The summed E-state index contributed by atoms with van der Waals surface area (Å²) in [5.74, 6) is -0.499. The largest absolute Gasteiger partial charge is 0.384 e. The van der Waals surface area contributed by atoms with Gasteiger partial charge in [-0.05, 0) is 12.5 Å². The van der Waals surface area contributed by atoms with Crippen LogP contribution in [-0.4, -0.2) is 35.6 Å². The van der Waals surface area contributed by atoms with Gasteiger partial charge in [0.1, 0.15) is 17.6 Å². The number of hydrogen-bond donors (Lipinski definition) is 2. The van der Waals surface area contributed by atoms with Crippen LogP contribution in [0.15, 0.2) is 12.3 Å². The number of hydrogen-bond acceptors (Lipinski definition) is 6. The molecule has 0 radical (unpaired) electrons. The van der Waals surface area contributed by atoms with E-state index in [2.05, 4.69) is 10.3 Å². The highest BCUT2D eigenvalue weighted by Crippen LogP contribution is 2.19. The van der Waals surface area contributed by atoms with E-state index in [0.717, 1.165) is 12.6 Å². The first kappa shape index (κ1) is 15.8. The first-order valence-corrected chi connectivity index (χ1v) is 6.19. The fourth-order valence-electron chi connectivity index (χ4n) is 1.80. The second-order valence-corrected chi connectivity index (χ2v) is 4.30. The highest BCUT2D eigenvalue weighted by molar-refractivity contribution is 5.98.